The second-order valence-corrected chi connectivity index (χ2v) is 10.3. The average Bonchev–Trinajstić information content (AvgIpc) is 3.66. The first kappa shape index (κ1) is 21.6. The highest BCUT2D eigenvalue weighted by Crippen LogP contribution is 2.42. The molecule has 4 fully saturated rings. The Morgan fingerprint density at radius 1 is 1.00 bits per heavy atom. The molecule has 5 atom stereocenters. The molecule has 1 N–H and O–H groups in total. The molecule has 1 aromatic carbocycles. The number of anilines is 1. The second kappa shape index (κ2) is 9.35. The number of hydrogen-bond donors (Lipinski definition) is 1. The van der Waals surface area contributed by atoms with Crippen molar-refractivity contribution in [3.63, 3.8) is 0 Å². The summed E-state index contributed by atoms with van der Waals surface area (Å²) in [5.74, 6) is 1.91. The molecule has 3 saturated heterocycles. The SMILES string of the molecule is OC(c1nnc(N2CCC[C@@H]3O[C@H](c4ccccc4)C[C@@H]32)n1CC1CCCO1)C1CCCC1. The summed E-state index contributed by atoms with van der Waals surface area (Å²) in [4.78, 5) is 2.42. The third-order valence-corrected chi connectivity index (χ3v) is 8.22. The van der Waals surface area contributed by atoms with Crippen molar-refractivity contribution in [2.24, 2.45) is 5.92 Å². The lowest BCUT2D eigenvalue weighted by Gasteiger charge is -2.37. The minimum Gasteiger partial charge on any atom is -0.385 e. The maximum absolute atomic E-state index is 11.3. The van der Waals surface area contributed by atoms with Gasteiger partial charge in [0, 0.05) is 19.6 Å². The van der Waals surface area contributed by atoms with E-state index in [9.17, 15) is 5.11 Å². The quantitative estimate of drug-likeness (QED) is 0.709. The first-order chi connectivity index (χ1) is 16.3. The summed E-state index contributed by atoms with van der Waals surface area (Å²) >= 11 is 0. The van der Waals surface area contributed by atoms with E-state index in [0.29, 0.717) is 0 Å². The van der Waals surface area contributed by atoms with Crippen molar-refractivity contribution in [1.82, 2.24) is 14.8 Å². The van der Waals surface area contributed by atoms with Gasteiger partial charge in [0.1, 0.15) is 6.10 Å². The summed E-state index contributed by atoms with van der Waals surface area (Å²) in [6.45, 7) is 2.50. The number of hydrogen-bond acceptors (Lipinski definition) is 6. The Morgan fingerprint density at radius 3 is 2.64 bits per heavy atom. The first-order valence-electron chi connectivity index (χ1n) is 13.0. The van der Waals surface area contributed by atoms with Crippen molar-refractivity contribution >= 4 is 5.95 Å². The van der Waals surface area contributed by atoms with Crippen molar-refractivity contribution in [3.8, 4) is 0 Å². The van der Waals surface area contributed by atoms with Gasteiger partial charge < -0.3 is 19.5 Å². The Morgan fingerprint density at radius 2 is 1.85 bits per heavy atom. The van der Waals surface area contributed by atoms with Crippen LogP contribution in [-0.4, -0.2) is 51.3 Å². The van der Waals surface area contributed by atoms with E-state index in [1.165, 1.54) is 18.4 Å². The molecule has 6 rings (SSSR count). The summed E-state index contributed by atoms with van der Waals surface area (Å²) in [6.07, 6.45) is 9.78. The van der Waals surface area contributed by atoms with Crippen LogP contribution < -0.4 is 4.90 Å². The van der Waals surface area contributed by atoms with Crippen LogP contribution in [0.2, 0.25) is 0 Å². The Labute approximate surface area is 196 Å². The zero-order chi connectivity index (χ0) is 22.2. The number of aliphatic hydroxyl groups is 1. The van der Waals surface area contributed by atoms with Gasteiger partial charge in [-0.2, -0.15) is 0 Å². The molecule has 7 heteroatoms. The van der Waals surface area contributed by atoms with Gasteiger partial charge in [-0.3, -0.25) is 4.57 Å². The van der Waals surface area contributed by atoms with Crippen LogP contribution in [-0.2, 0) is 16.0 Å². The second-order valence-electron chi connectivity index (χ2n) is 10.3. The number of piperidine rings is 1. The molecule has 0 amide bonds. The summed E-state index contributed by atoms with van der Waals surface area (Å²) in [7, 11) is 0. The zero-order valence-electron chi connectivity index (χ0n) is 19.4. The van der Waals surface area contributed by atoms with Crippen molar-refractivity contribution in [2.45, 2.75) is 94.8 Å². The van der Waals surface area contributed by atoms with Gasteiger partial charge in [0.15, 0.2) is 5.82 Å². The smallest absolute Gasteiger partial charge is 0.227 e. The molecular weight excluding hydrogens is 416 g/mol. The maximum Gasteiger partial charge on any atom is 0.227 e. The minimum atomic E-state index is -0.548. The fourth-order valence-corrected chi connectivity index (χ4v) is 6.46. The zero-order valence-corrected chi connectivity index (χ0v) is 19.4. The predicted molar refractivity (Wildman–Crippen MR) is 125 cm³/mol. The molecule has 4 aliphatic rings. The average molecular weight is 453 g/mol. The van der Waals surface area contributed by atoms with Crippen molar-refractivity contribution < 1.29 is 14.6 Å². The van der Waals surface area contributed by atoms with Gasteiger partial charge in [-0.1, -0.05) is 43.2 Å². The lowest BCUT2D eigenvalue weighted by Crippen LogP contribution is -2.47. The van der Waals surface area contributed by atoms with E-state index in [-0.39, 0.29) is 30.3 Å². The van der Waals surface area contributed by atoms with E-state index < -0.39 is 6.10 Å². The number of ether oxygens (including phenoxy) is 2. The van der Waals surface area contributed by atoms with E-state index in [0.717, 1.165) is 76.4 Å². The molecule has 4 heterocycles. The lowest BCUT2D eigenvalue weighted by molar-refractivity contribution is 0.0296. The standard InChI is InChI=1S/C26H36N4O3/c31-24(19-10-4-5-11-19)25-27-28-26(30(25)17-20-12-7-15-32-20)29-14-6-13-22-21(29)16-23(33-22)18-8-2-1-3-9-18/h1-3,8-9,19-24,31H,4-7,10-17H2/t20?,21-,22-,23-,24?/m0/s1. The molecule has 0 spiro atoms. The van der Waals surface area contributed by atoms with Gasteiger partial charge in [0.25, 0.3) is 0 Å². The number of fused-ring (bicyclic) bond motifs is 1. The van der Waals surface area contributed by atoms with Crippen LogP contribution in [0.4, 0.5) is 5.95 Å². The van der Waals surface area contributed by atoms with Crippen molar-refractivity contribution in [2.75, 3.05) is 18.1 Å². The van der Waals surface area contributed by atoms with E-state index in [1.807, 2.05) is 0 Å². The van der Waals surface area contributed by atoms with E-state index in [4.69, 9.17) is 14.6 Å². The molecule has 3 aliphatic heterocycles. The molecule has 178 valence electrons. The van der Waals surface area contributed by atoms with E-state index in [1.54, 1.807) is 0 Å². The van der Waals surface area contributed by atoms with E-state index in [2.05, 4.69) is 44.9 Å². The molecule has 0 bridgehead atoms. The minimum absolute atomic E-state index is 0.125. The molecule has 0 radical (unpaired) electrons. The lowest BCUT2D eigenvalue weighted by atomic mass is 9.96. The maximum atomic E-state index is 11.3. The van der Waals surface area contributed by atoms with E-state index >= 15 is 0 Å². The number of aliphatic hydroxyl groups excluding tert-OH is 1. The molecule has 1 aromatic heterocycles. The normalized spacial score (nSPS) is 31.2. The van der Waals surface area contributed by atoms with Gasteiger partial charge in [0.05, 0.1) is 30.9 Å². The summed E-state index contributed by atoms with van der Waals surface area (Å²) in [5.41, 5.74) is 1.25. The Hall–Kier alpha value is -1.96. The predicted octanol–water partition coefficient (Wildman–Crippen LogP) is 4.18. The fourth-order valence-electron chi connectivity index (χ4n) is 6.46. The molecule has 2 aromatic rings. The number of rotatable bonds is 6. The van der Waals surface area contributed by atoms with Crippen LogP contribution in [0.5, 0.6) is 0 Å². The third-order valence-electron chi connectivity index (χ3n) is 8.22. The Kier molecular flexibility index (Phi) is 6.11. The molecular formula is C26H36N4O3. The first-order valence-corrected chi connectivity index (χ1v) is 13.0. The number of aromatic nitrogens is 3. The molecule has 1 aliphatic carbocycles. The fraction of sp³-hybridized carbons (Fsp3) is 0.692. The highest BCUT2D eigenvalue weighted by atomic mass is 16.5. The highest BCUT2D eigenvalue weighted by Gasteiger charge is 2.44. The molecule has 1 saturated carbocycles. The Balaban J connectivity index is 1.30. The van der Waals surface area contributed by atoms with Crippen LogP contribution in [0.1, 0.15) is 81.4 Å². The summed E-state index contributed by atoms with van der Waals surface area (Å²) < 4.78 is 14.7. The molecule has 7 nitrogen and oxygen atoms in total. The number of nitrogens with zero attached hydrogens (tertiary/aromatic N) is 4. The largest absolute Gasteiger partial charge is 0.385 e. The Bertz CT molecular complexity index is 923. The van der Waals surface area contributed by atoms with Crippen LogP contribution >= 0.6 is 0 Å². The van der Waals surface area contributed by atoms with Gasteiger partial charge in [-0.15, -0.1) is 10.2 Å². The molecule has 2 unspecified atom stereocenters. The summed E-state index contributed by atoms with van der Waals surface area (Å²) in [6, 6.07) is 10.9. The monoisotopic (exact) mass is 452 g/mol. The topological polar surface area (TPSA) is 72.6 Å². The molecule has 33 heavy (non-hydrogen) atoms. The highest BCUT2D eigenvalue weighted by molar-refractivity contribution is 5.37. The van der Waals surface area contributed by atoms with Crippen LogP contribution in [0.3, 0.4) is 0 Å². The van der Waals surface area contributed by atoms with Crippen LogP contribution in [0.15, 0.2) is 30.3 Å². The van der Waals surface area contributed by atoms with Crippen LogP contribution in [0.25, 0.3) is 0 Å². The van der Waals surface area contributed by atoms with Gasteiger partial charge >= 0.3 is 0 Å². The van der Waals surface area contributed by atoms with Gasteiger partial charge in [-0.05, 0) is 50.0 Å². The van der Waals surface area contributed by atoms with Crippen molar-refractivity contribution in [1.29, 1.82) is 0 Å². The van der Waals surface area contributed by atoms with Crippen LogP contribution in [0, 0.1) is 5.92 Å². The summed E-state index contributed by atoms with van der Waals surface area (Å²) in [5, 5.41) is 20.6. The van der Waals surface area contributed by atoms with Gasteiger partial charge in [-0.25, -0.2) is 0 Å². The third kappa shape index (κ3) is 4.19. The van der Waals surface area contributed by atoms with Crippen molar-refractivity contribution in [3.05, 3.63) is 41.7 Å². The van der Waals surface area contributed by atoms with Gasteiger partial charge in [0.2, 0.25) is 5.95 Å². The number of benzene rings is 1.